The molecule has 3 nitrogen and oxygen atoms in total. The first-order chi connectivity index (χ1) is 1.41. The summed E-state index contributed by atoms with van der Waals surface area (Å²) in [7, 11) is 0. The molecule has 0 aromatic carbocycles. The quantitative estimate of drug-likeness (QED) is 0.176. The van der Waals surface area contributed by atoms with Gasteiger partial charge < -0.3 is 10.1 Å². The maximum Gasteiger partial charge on any atom is 1.00 e. The predicted molar refractivity (Wildman–Crippen MR) is 20.5 cm³/mol. The maximum atomic E-state index is 8.00. The Balaban J connectivity index is -0.0000000200. The molecule has 0 fully saturated rings. The Morgan fingerprint density at radius 2 is 1.60 bits per heavy atom. The first-order valence-electron chi connectivity index (χ1n) is 0.365. The van der Waals surface area contributed by atoms with Crippen LogP contribution in [0.1, 0.15) is 0 Å². The maximum absolute atomic E-state index is 8.00. The molecule has 0 bridgehead atoms. The van der Waals surface area contributed by atoms with Gasteiger partial charge in [0.1, 0.15) is 0 Å². The average molecular weight is 101 g/mol. The second-order valence-corrected chi connectivity index (χ2v) is 0.0745. The SMILES string of the molecule is O=N[O-].[Na+].[SiH4]. The Morgan fingerprint density at radius 1 is 1.60 bits per heavy atom. The Morgan fingerprint density at radius 3 is 1.60 bits per heavy atom. The van der Waals surface area contributed by atoms with E-state index in [0.717, 1.165) is 5.34 Å². The molecular formula is H4NNaO2Si. The fourth-order valence-corrected chi connectivity index (χ4v) is 0. The van der Waals surface area contributed by atoms with Crippen LogP contribution in [0.2, 0.25) is 0 Å². The van der Waals surface area contributed by atoms with Crippen LogP contribution in [0, 0.1) is 10.1 Å². The standard InChI is InChI=1S/HNO2.Na.H4Si/c2-1-3;;/h(H,2,3);;1H4/q;+1;/p-1. The first-order valence-corrected chi connectivity index (χ1v) is 0.365. The predicted octanol–water partition coefficient (Wildman–Crippen LogP) is -4.20. The molecule has 0 spiro atoms. The van der Waals surface area contributed by atoms with E-state index in [0.29, 0.717) is 0 Å². The van der Waals surface area contributed by atoms with E-state index in [9.17, 15) is 0 Å². The van der Waals surface area contributed by atoms with Crippen molar-refractivity contribution in [3.63, 3.8) is 0 Å². The first kappa shape index (κ1) is 17.5. The molecule has 0 radical (unpaired) electrons. The van der Waals surface area contributed by atoms with Crippen molar-refractivity contribution in [3.05, 3.63) is 10.1 Å². The third-order valence-electron chi connectivity index (χ3n) is 0. The summed E-state index contributed by atoms with van der Waals surface area (Å²) < 4.78 is 0. The van der Waals surface area contributed by atoms with Crippen LogP contribution in [0.15, 0.2) is 5.34 Å². The smallest absolute Gasteiger partial charge is 0.444 e. The van der Waals surface area contributed by atoms with Gasteiger partial charge in [-0.3, -0.25) is 0 Å². The molecule has 0 aliphatic heterocycles. The van der Waals surface area contributed by atoms with E-state index in [1.54, 1.807) is 0 Å². The van der Waals surface area contributed by atoms with Gasteiger partial charge in [0.05, 0.1) is 0 Å². The minimum Gasteiger partial charge on any atom is -0.444 e. The average Bonchev–Trinajstić information content (AvgIpc) is 0.918. The van der Waals surface area contributed by atoms with Gasteiger partial charge in [-0.25, -0.2) is 0 Å². The Bertz CT molecular complexity index is 17.1. The van der Waals surface area contributed by atoms with E-state index in [2.05, 4.69) is 0 Å². The molecule has 5 heteroatoms. The van der Waals surface area contributed by atoms with Gasteiger partial charge in [-0.2, -0.15) is 0 Å². The van der Waals surface area contributed by atoms with E-state index in [-0.39, 0.29) is 40.5 Å². The zero-order valence-corrected chi connectivity index (χ0v) is 4.26. The third kappa shape index (κ3) is 83.1. The van der Waals surface area contributed by atoms with Crippen LogP contribution in [0.5, 0.6) is 0 Å². The molecule has 0 N–H and O–H groups in total. The van der Waals surface area contributed by atoms with Crippen molar-refractivity contribution in [2.75, 3.05) is 0 Å². The van der Waals surface area contributed by atoms with Crippen LogP contribution in [0.25, 0.3) is 0 Å². The van der Waals surface area contributed by atoms with Crippen LogP contribution < -0.4 is 29.6 Å². The van der Waals surface area contributed by atoms with Crippen LogP contribution in [0.4, 0.5) is 0 Å². The van der Waals surface area contributed by atoms with Crippen molar-refractivity contribution >= 4 is 11.0 Å². The van der Waals surface area contributed by atoms with Crippen molar-refractivity contribution in [1.29, 1.82) is 0 Å². The van der Waals surface area contributed by atoms with Crippen molar-refractivity contribution < 1.29 is 29.6 Å². The Labute approximate surface area is 56.0 Å². The van der Waals surface area contributed by atoms with Crippen LogP contribution in [-0.2, 0) is 0 Å². The summed E-state index contributed by atoms with van der Waals surface area (Å²) in [5.74, 6) is 0. The number of hydrogen-bond acceptors (Lipinski definition) is 3. The normalized spacial score (nSPS) is 2.40. The molecule has 0 unspecified atom stereocenters. The summed E-state index contributed by atoms with van der Waals surface area (Å²) >= 11 is 0. The van der Waals surface area contributed by atoms with Crippen LogP contribution in [0.3, 0.4) is 0 Å². The molecular weight excluding hydrogens is 97.1 g/mol. The van der Waals surface area contributed by atoms with Gasteiger partial charge in [-0.15, -0.1) is 5.34 Å². The molecule has 26 valence electrons. The topological polar surface area (TPSA) is 52.5 Å². The molecule has 0 saturated carbocycles. The third-order valence-corrected chi connectivity index (χ3v) is 0. The van der Waals surface area contributed by atoms with Crippen molar-refractivity contribution in [2.45, 2.75) is 0 Å². The summed E-state index contributed by atoms with van der Waals surface area (Å²) in [4.78, 5) is 8.00. The minimum atomic E-state index is 0. The number of hydrogen-bond donors (Lipinski definition) is 0. The van der Waals surface area contributed by atoms with Gasteiger partial charge in [0.2, 0.25) is 0 Å². The molecule has 0 amide bonds. The summed E-state index contributed by atoms with van der Waals surface area (Å²) in [6.07, 6.45) is 0. The molecule has 0 saturated heterocycles. The fraction of sp³-hybridized carbons (Fsp3) is 0. The molecule has 0 aromatic rings. The number of rotatable bonds is 0. The van der Waals surface area contributed by atoms with E-state index in [1.165, 1.54) is 0 Å². The molecule has 5 heavy (non-hydrogen) atoms. The second kappa shape index (κ2) is 23.1. The van der Waals surface area contributed by atoms with Gasteiger partial charge in [0, 0.05) is 0 Å². The van der Waals surface area contributed by atoms with E-state index in [4.69, 9.17) is 10.1 Å². The van der Waals surface area contributed by atoms with Crippen LogP contribution in [-0.4, -0.2) is 11.0 Å². The zero-order chi connectivity index (χ0) is 2.71. The number of nitrogens with zero attached hydrogens (tertiary/aromatic N) is 1. The van der Waals surface area contributed by atoms with Gasteiger partial charge in [0.25, 0.3) is 0 Å². The molecule has 0 aliphatic carbocycles. The van der Waals surface area contributed by atoms with Crippen molar-refractivity contribution in [1.82, 2.24) is 0 Å². The summed E-state index contributed by atoms with van der Waals surface area (Å²) in [5.41, 5.74) is 0. The molecule has 0 rings (SSSR count). The Kier molecular flexibility index (Phi) is 80.8. The van der Waals surface area contributed by atoms with Gasteiger partial charge in [0.15, 0.2) is 0 Å². The van der Waals surface area contributed by atoms with Gasteiger partial charge >= 0.3 is 29.6 Å². The Hall–Kier alpha value is 0.617. The monoisotopic (exact) mass is 101 g/mol. The van der Waals surface area contributed by atoms with Crippen molar-refractivity contribution in [3.8, 4) is 0 Å². The van der Waals surface area contributed by atoms with E-state index >= 15 is 0 Å². The van der Waals surface area contributed by atoms with Gasteiger partial charge in [-0.1, -0.05) is 0 Å². The summed E-state index contributed by atoms with van der Waals surface area (Å²) in [5, 5.41) is 9.00. The molecule has 0 atom stereocenters. The van der Waals surface area contributed by atoms with Crippen molar-refractivity contribution in [2.24, 2.45) is 5.34 Å². The zero-order valence-electron chi connectivity index (χ0n) is 2.26. The molecule has 0 aromatic heterocycles. The fourth-order valence-electron chi connectivity index (χ4n) is 0. The second-order valence-electron chi connectivity index (χ2n) is 0.0745. The minimum absolute atomic E-state index is 0. The van der Waals surface area contributed by atoms with E-state index < -0.39 is 0 Å². The summed E-state index contributed by atoms with van der Waals surface area (Å²) in [6, 6.07) is 0. The molecule has 0 aliphatic rings. The van der Waals surface area contributed by atoms with Gasteiger partial charge in [-0.05, 0) is 11.0 Å². The molecule has 0 heterocycles. The van der Waals surface area contributed by atoms with Crippen LogP contribution >= 0.6 is 0 Å². The summed E-state index contributed by atoms with van der Waals surface area (Å²) in [6.45, 7) is 0. The van der Waals surface area contributed by atoms with E-state index in [1.807, 2.05) is 0 Å². The largest absolute Gasteiger partial charge is 1.00 e.